The van der Waals surface area contributed by atoms with Crippen molar-refractivity contribution in [3.8, 4) is 11.4 Å². The van der Waals surface area contributed by atoms with Crippen molar-refractivity contribution in [3.63, 3.8) is 0 Å². The second-order valence-electron chi connectivity index (χ2n) is 5.99. The summed E-state index contributed by atoms with van der Waals surface area (Å²) >= 11 is 0. The van der Waals surface area contributed by atoms with Gasteiger partial charge in [0.1, 0.15) is 6.10 Å². The Morgan fingerprint density at radius 3 is 3.08 bits per heavy atom. The highest BCUT2D eigenvalue weighted by atomic mass is 16.5. The molecule has 1 aliphatic heterocycles. The molecule has 0 unspecified atom stereocenters. The fraction of sp³-hybridized carbons (Fsp3) is 0.333. The number of carbonyl (C=O) groups excluding carboxylic acids is 1. The second kappa shape index (κ2) is 6.13. The van der Waals surface area contributed by atoms with Crippen molar-refractivity contribution in [3.05, 3.63) is 36.4 Å². The van der Waals surface area contributed by atoms with E-state index >= 15 is 0 Å². The first-order valence-electron chi connectivity index (χ1n) is 8.33. The molecular formula is C18H20N4O2. The summed E-state index contributed by atoms with van der Waals surface area (Å²) in [4.78, 5) is 12.1. The normalized spacial score (nSPS) is 17.5. The first-order chi connectivity index (χ1) is 11.8. The molecule has 3 heterocycles. The summed E-state index contributed by atoms with van der Waals surface area (Å²) in [6.07, 6.45) is 1.35. The Morgan fingerprint density at radius 2 is 2.29 bits per heavy atom. The molecule has 6 heteroatoms. The minimum Gasteiger partial charge on any atom is -0.368 e. The maximum absolute atomic E-state index is 12.1. The molecule has 1 aliphatic rings. The van der Waals surface area contributed by atoms with Gasteiger partial charge >= 0.3 is 0 Å². The molecule has 1 fully saturated rings. The quantitative estimate of drug-likeness (QED) is 0.774. The summed E-state index contributed by atoms with van der Waals surface area (Å²) < 4.78 is 7.63. The van der Waals surface area contributed by atoms with Crippen molar-refractivity contribution in [2.75, 3.05) is 11.9 Å². The number of fused-ring (bicyclic) bond motifs is 1. The van der Waals surface area contributed by atoms with Crippen molar-refractivity contribution >= 4 is 22.6 Å². The number of hydrogen-bond acceptors (Lipinski definition) is 3. The molecule has 0 saturated carbocycles. The van der Waals surface area contributed by atoms with Crippen LogP contribution in [0.15, 0.2) is 36.4 Å². The van der Waals surface area contributed by atoms with Crippen molar-refractivity contribution in [2.24, 2.45) is 0 Å². The fourth-order valence-corrected chi connectivity index (χ4v) is 3.28. The van der Waals surface area contributed by atoms with Crippen molar-refractivity contribution in [1.29, 1.82) is 0 Å². The van der Waals surface area contributed by atoms with E-state index in [-0.39, 0.29) is 12.0 Å². The van der Waals surface area contributed by atoms with Gasteiger partial charge in [-0.15, -0.1) is 0 Å². The number of aryl methyl sites for hydroxylation is 1. The Kier molecular flexibility index (Phi) is 3.82. The molecule has 0 bridgehead atoms. The zero-order chi connectivity index (χ0) is 16.5. The van der Waals surface area contributed by atoms with E-state index in [1.54, 1.807) is 0 Å². The van der Waals surface area contributed by atoms with Gasteiger partial charge in [-0.1, -0.05) is 18.2 Å². The maximum Gasteiger partial charge on any atom is 0.254 e. The van der Waals surface area contributed by atoms with Crippen LogP contribution in [-0.4, -0.2) is 33.4 Å². The van der Waals surface area contributed by atoms with Gasteiger partial charge in [-0.25, -0.2) is 0 Å². The first kappa shape index (κ1) is 15.0. The predicted molar refractivity (Wildman–Crippen MR) is 92.8 cm³/mol. The van der Waals surface area contributed by atoms with Gasteiger partial charge in [-0.3, -0.25) is 9.89 Å². The van der Waals surface area contributed by atoms with Gasteiger partial charge in [0.15, 0.2) is 5.82 Å². The van der Waals surface area contributed by atoms with Crippen LogP contribution >= 0.6 is 0 Å². The number of carbonyl (C=O) groups is 1. The topological polar surface area (TPSA) is 71.9 Å². The average molecular weight is 324 g/mol. The number of anilines is 1. The van der Waals surface area contributed by atoms with Gasteiger partial charge in [0.25, 0.3) is 5.91 Å². The Hall–Kier alpha value is -2.60. The third kappa shape index (κ3) is 2.59. The zero-order valence-corrected chi connectivity index (χ0v) is 13.6. The third-order valence-corrected chi connectivity index (χ3v) is 4.45. The maximum atomic E-state index is 12.1. The van der Waals surface area contributed by atoms with Gasteiger partial charge in [0.05, 0.1) is 11.4 Å². The number of H-pyrrole nitrogens is 1. The molecular weight excluding hydrogens is 304 g/mol. The van der Waals surface area contributed by atoms with Gasteiger partial charge < -0.3 is 14.6 Å². The van der Waals surface area contributed by atoms with Gasteiger partial charge in [0, 0.05) is 30.1 Å². The Morgan fingerprint density at radius 1 is 1.42 bits per heavy atom. The average Bonchev–Trinajstić information content (AvgIpc) is 3.33. The lowest BCUT2D eigenvalue weighted by molar-refractivity contribution is -0.124. The van der Waals surface area contributed by atoms with E-state index in [0.29, 0.717) is 12.4 Å². The molecule has 2 N–H and O–H groups in total. The highest BCUT2D eigenvalue weighted by Crippen LogP contribution is 2.28. The van der Waals surface area contributed by atoms with Crippen molar-refractivity contribution < 1.29 is 9.53 Å². The lowest BCUT2D eigenvalue weighted by Crippen LogP contribution is -2.26. The zero-order valence-electron chi connectivity index (χ0n) is 13.6. The molecule has 1 amide bonds. The van der Waals surface area contributed by atoms with Gasteiger partial charge in [-0.05, 0) is 31.9 Å². The number of aromatic nitrogens is 3. The van der Waals surface area contributed by atoms with Crippen LogP contribution in [0.3, 0.4) is 0 Å². The lowest BCUT2D eigenvalue weighted by atomic mass is 10.2. The number of ether oxygens (including phenoxy) is 1. The molecule has 0 spiro atoms. The van der Waals surface area contributed by atoms with Crippen LogP contribution in [0.4, 0.5) is 5.82 Å². The number of aromatic amines is 1. The summed E-state index contributed by atoms with van der Waals surface area (Å²) in [6.45, 7) is 3.63. The highest BCUT2D eigenvalue weighted by molar-refractivity contribution is 5.94. The molecule has 6 nitrogen and oxygen atoms in total. The van der Waals surface area contributed by atoms with E-state index in [2.05, 4.69) is 45.2 Å². The molecule has 1 saturated heterocycles. The lowest BCUT2D eigenvalue weighted by Gasteiger charge is -2.07. The molecule has 3 aromatic rings. The molecule has 24 heavy (non-hydrogen) atoms. The first-order valence-corrected chi connectivity index (χ1v) is 8.33. The summed E-state index contributed by atoms with van der Waals surface area (Å²) in [5.74, 6) is 0.403. The molecule has 124 valence electrons. The molecule has 2 aromatic heterocycles. The second-order valence-corrected chi connectivity index (χ2v) is 5.99. The van der Waals surface area contributed by atoms with Crippen LogP contribution in [0.1, 0.15) is 19.8 Å². The molecule has 1 aromatic carbocycles. The smallest absolute Gasteiger partial charge is 0.254 e. The third-order valence-electron chi connectivity index (χ3n) is 4.45. The number of rotatable bonds is 4. The Bertz CT molecular complexity index is 874. The Labute approximate surface area is 139 Å². The summed E-state index contributed by atoms with van der Waals surface area (Å²) in [5.41, 5.74) is 3.13. The van der Waals surface area contributed by atoms with Crippen LogP contribution < -0.4 is 5.32 Å². The number of nitrogens with one attached hydrogen (secondary N) is 2. The summed E-state index contributed by atoms with van der Waals surface area (Å²) in [6, 6.07) is 12.3. The van der Waals surface area contributed by atoms with E-state index in [9.17, 15) is 4.79 Å². The van der Waals surface area contributed by atoms with Crippen LogP contribution in [0.5, 0.6) is 0 Å². The SMILES string of the molecule is CCn1c(-c2cc(NC(=O)[C@H]3CCCO3)n[nH]2)cc2ccccc21. The van der Waals surface area contributed by atoms with E-state index in [1.165, 1.54) is 10.9 Å². The van der Waals surface area contributed by atoms with Crippen LogP contribution in [-0.2, 0) is 16.1 Å². The van der Waals surface area contributed by atoms with E-state index < -0.39 is 0 Å². The van der Waals surface area contributed by atoms with Crippen molar-refractivity contribution in [1.82, 2.24) is 14.8 Å². The number of para-hydroxylation sites is 1. The monoisotopic (exact) mass is 324 g/mol. The molecule has 0 aliphatic carbocycles. The van der Waals surface area contributed by atoms with E-state index in [4.69, 9.17) is 4.74 Å². The predicted octanol–water partition coefficient (Wildman–Crippen LogP) is 3.17. The van der Waals surface area contributed by atoms with E-state index in [0.717, 1.165) is 30.8 Å². The number of amides is 1. The number of benzene rings is 1. The van der Waals surface area contributed by atoms with Crippen LogP contribution in [0.2, 0.25) is 0 Å². The van der Waals surface area contributed by atoms with Crippen LogP contribution in [0.25, 0.3) is 22.3 Å². The highest BCUT2D eigenvalue weighted by Gasteiger charge is 2.24. The van der Waals surface area contributed by atoms with Crippen LogP contribution in [0, 0.1) is 0 Å². The fourth-order valence-electron chi connectivity index (χ4n) is 3.28. The van der Waals surface area contributed by atoms with Gasteiger partial charge in [0.2, 0.25) is 0 Å². The largest absolute Gasteiger partial charge is 0.368 e. The minimum absolute atomic E-state index is 0.124. The molecule has 4 rings (SSSR count). The van der Waals surface area contributed by atoms with Gasteiger partial charge in [-0.2, -0.15) is 5.10 Å². The number of nitrogens with zero attached hydrogens (tertiary/aromatic N) is 2. The minimum atomic E-state index is -0.354. The summed E-state index contributed by atoms with van der Waals surface area (Å²) in [5, 5.41) is 11.3. The Balaban J connectivity index is 1.61. The van der Waals surface area contributed by atoms with Crippen molar-refractivity contribution in [2.45, 2.75) is 32.4 Å². The molecule has 0 radical (unpaired) electrons. The standard InChI is InChI=1S/C18H20N4O2/c1-2-22-14-7-4-3-6-12(14)10-15(22)13-11-17(21-20-13)19-18(23)16-8-5-9-24-16/h3-4,6-7,10-11,16H,2,5,8-9H2,1H3,(H2,19,20,21,23)/t16-/m1/s1. The van der Waals surface area contributed by atoms with E-state index in [1.807, 2.05) is 18.2 Å². The number of hydrogen-bond donors (Lipinski definition) is 2. The molecule has 1 atom stereocenters. The summed E-state index contributed by atoms with van der Waals surface area (Å²) in [7, 11) is 0.